The van der Waals surface area contributed by atoms with Crippen molar-refractivity contribution >= 4 is 16.5 Å². The number of likely N-dealkylation sites (tertiary alicyclic amines) is 1. The maximum Gasteiger partial charge on any atom is 0.119 e. The molecule has 0 radical (unpaired) electrons. The van der Waals surface area contributed by atoms with Crippen LogP contribution in [-0.4, -0.2) is 47.6 Å². The highest BCUT2D eigenvalue weighted by Crippen LogP contribution is 2.33. The fourth-order valence-electron chi connectivity index (χ4n) is 4.92. The van der Waals surface area contributed by atoms with Crippen LogP contribution in [0.2, 0.25) is 0 Å². The number of rotatable bonds is 4. The van der Waals surface area contributed by atoms with Crippen molar-refractivity contribution in [3.05, 3.63) is 42.0 Å². The maximum atomic E-state index is 10.2. The molecule has 1 atom stereocenters. The molecule has 2 aliphatic rings. The Morgan fingerprint density at radius 2 is 1.73 bits per heavy atom. The molecular weight excluding hydrogens is 372 g/mol. The van der Waals surface area contributed by atoms with Crippen LogP contribution in [0.25, 0.3) is 10.8 Å². The first-order valence-corrected chi connectivity index (χ1v) is 11.6. The number of piperidine rings is 1. The second-order valence-electron chi connectivity index (χ2n) is 8.90. The third-order valence-corrected chi connectivity index (χ3v) is 6.77. The van der Waals surface area contributed by atoms with Crippen molar-refractivity contribution in [1.29, 1.82) is 5.41 Å². The molecule has 1 aliphatic carbocycles. The molecule has 2 N–H and O–H groups in total. The number of benzene rings is 2. The van der Waals surface area contributed by atoms with Gasteiger partial charge in [-0.25, -0.2) is 0 Å². The Kier molecular flexibility index (Phi) is 7.54. The summed E-state index contributed by atoms with van der Waals surface area (Å²) in [5, 5.41) is 21.4. The van der Waals surface area contributed by atoms with Crippen molar-refractivity contribution in [2.75, 3.05) is 20.2 Å². The first-order chi connectivity index (χ1) is 14.4. The maximum absolute atomic E-state index is 10.2. The first-order valence-electron chi connectivity index (χ1n) is 11.6. The Hall–Kier alpha value is -1.91. The minimum absolute atomic E-state index is 0.298. The standard InChI is InChI=1S/C24H32N2O2.C2H6/c1-24(27)11-9-21(10-12-24)26-13-3-4-20(16-26)23(25)19-6-5-18-15-22(28-2)8-7-17(18)14-19;1-2/h5-8,14-15,20-21,25,27H,3-4,9-13,16H2,1-2H3;1-2H3. The third-order valence-electron chi connectivity index (χ3n) is 6.77. The molecule has 1 saturated heterocycles. The predicted octanol–water partition coefficient (Wildman–Crippen LogP) is 5.65. The molecule has 1 heterocycles. The number of hydrogen-bond donors (Lipinski definition) is 2. The lowest BCUT2D eigenvalue weighted by atomic mass is 9.81. The fraction of sp³-hybridized carbons (Fsp3) is 0.577. The normalized spacial score (nSPS) is 27.2. The number of aliphatic hydroxyl groups is 1. The predicted molar refractivity (Wildman–Crippen MR) is 126 cm³/mol. The van der Waals surface area contributed by atoms with Gasteiger partial charge in [-0.1, -0.05) is 32.0 Å². The molecule has 164 valence electrons. The van der Waals surface area contributed by atoms with Crippen LogP contribution in [0.4, 0.5) is 0 Å². The lowest BCUT2D eigenvalue weighted by Gasteiger charge is -2.43. The molecule has 0 spiro atoms. The Morgan fingerprint density at radius 3 is 2.43 bits per heavy atom. The summed E-state index contributed by atoms with van der Waals surface area (Å²) >= 11 is 0. The number of methoxy groups -OCH3 is 1. The van der Waals surface area contributed by atoms with Gasteiger partial charge in [0.2, 0.25) is 0 Å². The van der Waals surface area contributed by atoms with Crippen molar-refractivity contribution in [2.24, 2.45) is 5.92 Å². The van der Waals surface area contributed by atoms with E-state index in [1.807, 2.05) is 32.9 Å². The largest absolute Gasteiger partial charge is 0.497 e. The van der Waals surface area contributed by atoms with Crippen LogP contribution in [0.5, 0.6) is 5.75 Å². The van der Waals surface area contributed by atoms with E-state index < -0.39 is 5.60 Å². The van der Waals surface area contributed by atoms with Crippen LogP contribution in [0.3, 0.4) is 0 Å². The van der Waals surface area contributed by atoms with Crippen LogP contribution in [0.15, 0.2) is 36.4 Å². The summed E-state index contributed by atoms with van der Waals surface area (Å²) in [7, 11) is 1.69. The third kappa shape index (κ3) is 5.22. The number of fused-ring (bicyclic) bond motifs is 1. The highest BCUT2D eigenvalue weighted by molar-refractivity contribution is 6.03. The minimum atomic E-state index is -0.480. The van der Waals surface area contributed by atoms with Crippen LogP contribution >= 0.6 is 0 Å². The van der Waals surface area contributed by atoms with E-state index >= 15 is 0 Å². The number of nitrogens with one attached hydrogen (secondary N) is 1. The average Bonchev–Trinajstić information content (AvgIpc) is 2.79. The van der Waals surface area contributed by atoms with E-state index in [2.05, 4.69) is 29.2 Å². The van der Waals surface area contributed by atoms with E-state index in [9.17, 15) is 5.11 Å². The summed E-state index contributed by atoms with van der Waals surface area (Å²) in [6.45, 7) is 8.08. The van der Waals surface area contributed by atoms with Crippen molar-refractivity contribution in [3.63, 3.8) is 0 Å². The smallest absolute Gasteiger partial charge is 0.119 e. The molecule has 1 unspecified atom stereocenters. The Bertz CT molecular complexity index is 851. The van der Waals surface area contributed by atoms with Crippen molar-refractivity contribution < 1.29 is 9.84 Å². The molecule has 0 bridgehead atoms. The summed E-state index contributed by atoms with van der Waals surface area (Å²) in [6.07, 6.45) is 6.19. The van der Waals surface area contributed by atoms with Gasteiger partial charge in [0.1, 0.15) is 5.75 Å². The average molecular weight is 411 g/mol. The van der Waals surface area contributed by atoms with Gasteiger partial charge in [-0.3, -0.25) is 4.90 Å². The number of hydrogen-bond acceptors (Lipinski definition) is 4. The molecule has 30 heavy (non-hydrogen) atoms. The van der Waals surface area contributed by atoms with E-state index in [0.29, 0.717) is 12.0 Å². The molecule has 2 aromatic rings. The van der Waals surface area contributed by atoms with E-state index in [1.165, 1.54) is 0 Å². The molecule has 4 nitrogen and oxygen atoms in total. The van der Waals surface area contributed by atoms with Gasteiger partial charge in [-0.2, -0.15) is 0 Å². The Balaban J connectivity index is 0.00000124. The molecule has 0 amide bonds. The summed E-state index contributed by atoms with van der Waals surface area (Å²) < 4.78 is 5.31. The highest BCUT2D eigenvalue weighted by Gasteiger charge is 2.34. The molecule has 1 aliphatic heterocycles. The summed E-state index contributed by atoms with van der Waals surface area (Å²) in [6, 6.07) is 13.0. The van der Waals surface area contributed by atoms with Gasteiger partial charge in [0.05, 0.1) is 12.7 Å². The zero-order chi connectivity index (χ0) is 21.7. The lowest BCUT2D eigenvalue weighted by molar-refractivity contribution is -0.0101. The molecule has 4 heteroatoms. The molecule has 0 aromatic heterocycles. The Morgan fingerprint density at radius 1 is 1.07 bits per heavy atom. The number of ether oxygens (including phenoxy) is 1. The highest BCUT2D eigenvalue weighted by atomic mass is 16.5. The van der Waals surface area contributed by atoms with Gasteiger partial charge in [0, 0.05) is 24.2 Å². The van der Waals surface area contributed by atoms with Crippen molar-refractivity contribution in [2.45, 2.75) is 70.9 Å². The molecule has 2 aromatic carbocycles. The zero-order valence-electron chi connectivity index (χ0n) is 19.1. The van der Waals surface area contributed by atoms with Crippen molar-refractivity contribution in [3.8, 4) is 5.75 Å². The second-order valence-corrected chi connectivity index (χ2v) is 8.90. The van der Waals surface area contributed by atoms with E-state index in [0.717, 1.165) is 79.4 Å². The van der Waals surface area contributed by atoms with Gasteiger partial charge in [0.15, 0.2) is 0 Å². The minimum Gasteiger partial charge on any atom is -0.497 e. The van der Waals surface area contributed by atoms with Crippen LogP contribution in [-0.2, 0) is 0 Å². The molecule has 2 fully saturated rings. The molecule has 1 saturated carbocycles. The van der Waals surface area contributed by atoms with Gasteiger partial charge >= 0.3 is 0 Å². The SMILES string of the molecule is CC.COc1ccc2cc(C(=N)C3CCCN(C4CCC(C)(O)CC4)C3)ccc2c1. The van der Waals surface area contributed by atoms with E-state index in [-0.39, 0.29) is 0 Å². The first kappa shape index (κ1) is 22.8. The quantitative estimate of drug-likeness (QED) is 0.641. The van der Waals surface area contributed by atoms with Gasteiger partial charge in [-0.05, 0) is 86.5 Å². The Labute approximate surface area is 181 Å². The van der Waals surface area contributed by atoms with Crippen molar-refractivity contribution in [1.82, 2.24) is 4.90 Å². The summed E-state index contributed by atoms with van der Waals surface area (Å²) in [5.74, 6) is 1.16. The lowest BCUT2D eigenvalue weighted by Crippen LogP contribution is -2.48. The van der Waals surface area contributed by atoms with Crippen LogP contribution in [0, 0.1) is 11.3 Å². The van der Waals surface area contributed by atoms with Gasteiger partial charge in [0.25, 0.3) is 0 Å². The molecule has 4 rings (SSSR count). The van der Waals surface area contributed by atoms with Crippen LogP contribution in [0.1, 0.15) is 64.9 Å². The zero-order valence-corrected chi connectivity index (χ0v) is 19.1. The summed E-state index contributed by atoms with van der Waals surface area (Å²) in [5.41, 5.74) is 1.33. The topological polar surface area (TPSA) is 56.5 Å². The van der Waals surface area contributed by atoms with Gasteiger partial charge < -0.3 is 15.3 Å². The van der Waals surface area contributed by atoms with E-state index in [4.69, 9.17) is 10.1 Å². The monoisotopic (exact) mass is 410 g/mol. The fourth-order valence-corrected chi connectivity index (χ4v) is 4.92. The number of nitrogens with zero attached hydrogens (tertiary/aromatic N) is 1. The van der Waals surface area contributed by atoms with Crippen LogP contribution < -0.4 is 4.74 Å². The summed E-state index contributed by atoms with van der Waals surface area (Å²) in [4.78, 5) is 2.59. The molecular formula is C26H38N2O2. The van der Waals surface area contributed by atoms with E-state index in [1.54, 1.807) is 7.11 Å². The second kappa shape index (κ2) is 9.93. The van der Waals surface area contributed by atoms with Gasteiger partial charge in [-0.15, -0.1) is 0 Å².